The summed E-state index contributed by atoms with van der Waals surface area (Å²) in [6.07, 6.45) is 1.51. The van der Waals surface area contributed by atoms with Crippen LogP contribution in [0.4, 0.5) is 0 Å². The molecule has 20 heavy (non-hydrogen) atoms. The quantitative estimate of drug-likeness (QED) is 0.901. The molecule has 1 aliphatic carbocycles. The standard InChI is InChI=1S/C18H20O2/c1-13(19)10-14-6-8-17(9-7-14)20-12-16-11-15-4-2-3-5-18(15)16/h2-9,13,16,19H,10-12H2,1H3. The minimum atomic E-state index is -0.298. The second-order valence-electron chi connectivity index (χ2n) is 5.61. The molecule has 0 heterocycles. The average Bonchev–Trinajstić information content (AvgIpc) is 2.41. The number of aliphatic hydroxyl groups is 1. The molecule has 0 fully saturated rings. The normalized spacial score (nSPS) is 18.0. The van der Waals surface area contributed by atoms with Gasteiger partial charge in [0.15, 0.2) is 0 Å². The van der Waals surface area contributed by atoms with Gasteiger partial charge in [-0.05, 0) is 48.6 Å². The molecule has 2 unspecified atom stereocenters. The minimum Gasteiger partial charge on any atom is -0.493 e. The second kappa shape index (κ2) is 5.68. The summed E-state index contributed by atoms with van der Waals surface area (Å²) in [4.78, 5) is 0. The van der Waals surface area contributed by atoms with Crippen LogP contribution in [0.5, 0.6) is 5.75 Å². The van der Waals surface area contributed by atoms with Crippen LogP contribution in [0.1, 0.15) is 29.5 Å². The number of ether oxygens (including phenoxy) is 1. The summed E-state index contributed by atoms with van der Waals surface area (Å²) in [6, 6.07) is 16.6. The number of hydrogen-bond acceptors (Lipinski definition) is 2. The molecule has 0 spiro atoms. The zero-order valence-electron chi connectivity index (χ0n) is 11.8. The van der Waals surface area contributed by atoms with Crippen molar-refractivity contribution < 1.29 is 9.84 Å². The third-order valence-electron chi connectivity index (χ3n) is 3.87. The summed E-state index contributed by atoms with van der Waals surface area (Å²) in [5.74, 6) is 1.44. The summed E-state index contributed by atoms with van der Waals surface area (Å²) in [5, 5.41) is 9.35. The Kier molecular flexibility index (Phi) is 3.75. The lowest BCUT2D eigenvalue weighted by Crippen LogP contribution is -2.23. The lowest BCUT2D eigenvalue weighted by atomic mass is 9.78. The first-order chi connectivity index (χ1) is 9.72. The van der Waals surface area contributed by atoms with E-state index >= 15 is 0 Å². The number of aliphatic hydroxyl groups excluding tert-OH is 1. The number of fused-ring (bicyclic) bond motifs is 1. The zero-order valence-corrected chi connectivity index (χ0v) is 11.8. The Morgan fingerprint density at radius 1 is 1.15 bits per heavy atom. The van der Waals surface area contributed by atoms with E-state index in [1.807, 2.05) is 24.3 Å². The Labute approximate surface area is 120 Å². The molecule has 3 rings (SSSR count). The maximum atomic E-state index is 9.35. The molecule has 0 aromatic heterocycles. The molecule has 2 aromatic carbocycles. The van der Waals surface area contributed by atoms with Crippen molar-refractivity contribution in [2.45, 2.75) is 31.8 Å². The molecule has 2 nitrogen and oxygen atoms in total. The van der Waals surface area contributed by atoms with Crippen molar-refractivity contribution in [2.24, 2.45) is 0 Å². The van der Waals surface area contributed by atoms with E-state index in [9.17, 15) is 5.11 Å². The second-order valence-corrected chi connectivity index (χ2v) is 5.61. The van der Waals surface area contributed by atoms with Gasteiger partial charge in [-0.1, -0.05) is 36.4 Å². The fraction of sp³-hybridized carbons (Fsp3) is 0.333. The Morgan fingerprint density at radius 3 is 2.60 bits per heavy atom. The zero-order chi connectivity index (χ0) is 13.9. The van der Waals surface area contributed by atoms with Gasteiger partial charge in [0.25, 0.3) is 0 Å². The fourth-order valence-corrected chi connectivity index (χ4v) is 2.77. The molecular formula is C18H20O2. The van der Waals surface area contributed by atoms with Gasteiger partial charge in [0.2, 0.25) is 0 Å². The minimum absolute atomic E-state index is 0.298. The van der Waals surface area contributed by atoms with Crippen LogP contribution in [-0.4, -0.2) is 17.8 Å². The highest BCUT2D eigenvalue weighted by atomic mass is 16.5. The topological polar surface area (TPSA) is 29.5 Å². The Morgan fingerprint density at radius 2 is 1.90 bits per heavy atom. The van der Waals surface area contributed by atoms with Gasteiger partial charge >= 0.3 is 0 Å². The molecule has 0 aliphatic heterocycles. The highest BCUT2D eigenvalue weighted by Gasteiger charge is 2.25. The van der Waals surface area contributed by atoms with Crippen LogP contribution in [0.25, 0.3) is 0 Å². The molecule has 1 aliphatic rings. The van der Waals surface area contributed by atoms with E-state index in [1.165, 1.54) is 11.1 Å². The molecule has 0 saturated carbocycles. The molecule has 0 radical (unpaired) electrons. The van der Waals surface area contributed by atoms with Crippen LogP contribution >= 0.6 is 0 Å². The van der Waals surface area contributed by atoms with Gasteiger partial charge in [-0.25, -0.2) is 0 Å². The van der Waals surface area contributed by atoms with Gasteiger partial charge in [-0.3, -0.25) is 0 Å². The van der Waals surface area contributed by atoms with E-state index in [4.69, 9.17) is 4.74 Å². The van der Waals surface area contributed by atoms with Crippen LogP contribution in [-0.2, 0) is 12.8 Å². The van der Waals surface area contributed by atoms with Crippen molar-refractivity contribution in [3.05, 3.63) is 65.2 Å². The Bertz CT molecular complexity index is 572. The first-order valence-electron chi connectivity index (χ1n) is 7.20. The van der Waals surface area contributed by atoms with Crippen molar-refractivity contribution in [3.8, 4) is 5.75 Å². The Hall–Kier alpha value is -1.80. The molecule has 1 N–H and O–H groups in total. The summed E-state index contributed by atoms with van der Waals surface area (Å²) in [5.41, 5.74) is 4.02. The van der Waals surface area contributed by atoms with Crippen LogP contribution in [0.3, 0.4) is 0 Å². The lowest BCUT2D eigenvalue weighted by Gasteiger charge is -2.29. The van der Waals surface area contributed by atoms with E-state index < -0.39 is 0 Å². The number of rotatable bonds is 5. The van der Waals surface area contributed by atoms with E-state index in [-0.39, 0.29) is 6.10 Å². The molecular weight excluding hydrogens is 248 g/mol. The first kappa shape index (κ1) is 13.2. The van der Waals surface area contributed by atoms with Crippen LogP contribution in [0.2, 0.25) is 0 Å². The summed E-state index contributed by atoms with van der Waals surface area (Å²) < 4.78 is 5.86. The van der Waals surface area contributed by atoms with E-state index in [0.717, 1.165) is 24.3 Å². The van der Waals surface area contributed by atoms with Gasteiger partial charge in [-0.15, -0.1) is 0 Å². The largest absolute Gasteiger partial charge is 0.493 e. The summed E-state index contributed by atoms with van der Waals surface area (Å²) >= 11 is 0. The average molecular weight is 268 g/mol. The highest BCUT2D eigenvalue weighted by Crippen LogP contribution is 2.35. The molecule has 2 aromatic rings. The van der Waals surface area contributed by atoms with Crippen LogP contribution in [0, 0.1) is 0 Å². The van der Waals surface area contributed by atoms with Crippen molar-refractivity contribution >= 4 is 0 Å². The fourth-order valence-electron chi connectivity index (χ4n) is 2.77. The number of benzene rings is 2. The van der Waals surface area contributed by atoms with Crippen LogP contribution in [0.15, 0.2) is 48.5 Å². The van der Waals surface area contributed by atoms with Crippen molar-refractivity contribution in [1.82, 2.24) is 0 Å². The molecule has 0 amide bonds. The molecule has 2 atom stereocenters. The first-order valence-corrected chi connectivity index (χ1v) is 7.20. The third-order valence-corrected chi connectivity index (χ3v) is 3.87. The molecule has 2 heteroatoms. The number of hydrogen-bond donors (Lipinski definition) is 1. The van der Waals surface area contributed by atoms with Gasteiger partial charge in [0, 0.05) is 5.92 Å². The van der Waals surface area contributed by atoms with Crippen LogP contribution < -0.4 is 4.74 Å². The maximum Gasteiger partial charge on any atom is 0.119 e. The third kappa shape index (κ3) is 2.86. The smallest absolute Gasteiger partial charge is 0.119 e. The SMILES string of the molecule is CC(O)Cc1ccc(OCC2Cc3ccccc32)cc1. The molecule has 0 bridgehead atoms. The molecule has 104 valence electrons. The van der Waals surface area contributed by atoms with Gasteiger partial charge < -0.3 is 9.84 Å². The monoisotopic (exact) mass is 268 g/mol. The van der Waals surface area contributed by atoms with Gasteiger partial charge in [0.05, 0.1) is 12.7 Å². The van der Waals surface area contributed by atoms with Crippen molar-refractivity contribution in [1.29, 1.82) is 0 Å². The Balaban J connectivity index is 1.55. The van der Waals surface area contributed by atoms with E-state index in [2.05, 4.69) is 24.3 Å². The highest BCUT2D eigenvalue weighted by molar-refractivity contribution is 5.40. The summed E-state index contributed by atoms with van der Waals surface area (Å²) in [6.45, 7) is 2.55. The molecule has 0 saturated heterocycles. The van der Waals surface area contributed by atoms with Gasteiger partial charge in [0.1, 0.15) is 5.75 Å². The predicted molar refractivity (Wildman–Crippen MR) is 80.2 cm³/mol. The predicted octanol–water partition coefficient (Wildman–Crippen LogP) is 3.33. The van der Waals surface area contributed by atoms with E-state index in [0.29, 0.717) is 12.3 Å². The maximum absolute atomic E-state index is 9.35. The summed E-state index contributed by atoms with van der Waals surface area (Å²) in [7, 11) is 0. The van der Waals surface area contributed by atoms with E-state index in [1.54, 1.807) is 6.92 Å². The van der Waals surface area contributed by atoms with Gasteiger partial charge in [-0.2, -0.15) is 0 Å². The van der Waals surface area contributed by atoms with Crippen molar-refractivity contribution in [2.75, 3.05) is 6.61 Å². The van der Waals surface area contributed by atoms with Crippen molar-refractivity contribution in [3.63, 3.8) is 0 Å². The lowest BCUT2D eigenvalue weighted by molar-refractivity contribution is 0.195.